The first kappa shape index (κ1) is 45.6. The first-order chi connectivity index (χ1) is 25.9. The summed E-state index contributed by atoms with van der Waals surface area (Å²) in [5.41, 5.74) is 18.1. The van der Waals surface area contributed by atoms with Crippen LogP contribution in [-0.2, 0) is 41.6 Å². The summed E-state index contributed by atoms with van der Waals surface area (Å²) in [5, 5.41) is 41.5. The van der Waals surface area contributed by atoms with E-state index in [2.05, 4.69) is 44.2 Å². The molecular weight excluding hydrogens is 735 g/mol. The summed E-state index contributed by atoms with van der Waals surface area (Å²) in [5.74, 6) is -5.44. The summed E-state index contributed by atoms with van der Waals surface area (Å²) < 4.78 is 0. The number of carboxylic acid groups (broad SMARTS) is 1. The smallest absolute Gasteiger partial charge is 0.327 e. The number of carbonyl (C=O) groups is 6. The van der Waals surface area contributed by atoms with Gasteiger partial charge in [0, 0.05) is 25.1 Å². The van der Waals surface area contributed by atoms with Crippen LogP contribution in [0.1, 0.15) is 51.2 Å². The predicted molar refractivity (Wildman–Crippen MR) is 208 cm³/mol. The Morgan fingerprint density at radius 3 is 1.55 bits per heavy atom. The molecule has 2 rings (SSSR count). The normalized spacial score (nSPS) is 14.2. The molecule has 2 aromatic rings. The minimum Gasteiger partial charge on any atom is -0.508 e. The lowest BCUT2D eigenvalue weighted by Gasteiger charge is -2.26. The van der Waals surface area contributed by atoms with Crippen LogP contribution in [0.5, 0.6) is 11.5 Å². The number of hydrogen-bond acceptors (Lipinski definition) is 11. The van der Waals surface area contributed by atoms with Crippen LogP contribution in [0.2, 0.25) is 0 Å². The molecule has 302 valence electrons. The molecule has 0 unspecified atom stereocenters. The predicted octanol–water partition coefficient (Wildman–Crippen LogP) is -1.23. The molecule has 14 N–H and O–H groups in total. The number of aromatic hydroxyl groups is 2. The molecule has 0 aliphatic heterocycles. The Labute approximate surface area is 324 Å². The van der Waals surface area contributed by atoms with Crippen LogP contribution in [-0.4, -0.2) is 105 Å². The molecule has 0 fully saturated rings. The van der Waals surface area contributed by atoms with Crippen molar-refractivity contribution >= 4 is 54.1 Å². The lowest BCUT2D eigenvalue weighted by atomic mass is 10.0. The highest BCUT2D eigenvalue weighted by Crippen LogP contribution is 2.14. The number of hydrogen-bond donors (Lipinski definition) is 12. The molecule has 5 amide bonds. The average Bonchev–Trinajstić information content (AvgIpc) is 3.12. The molecule has 0 saturated heterocycles. The van der Waals surface area contributed by atoms with Gasteiger partial charge in [0.1, 0.15) is 41.7 Å². The SMILES string of the molecule is CC(C)C[C@H](N)C(=O)N[C@@H](Cc1ccc(O)cc1)C(=O)N[C@@H](CCCN=C(N)N)C(=O)N[C@@H](C)C(=O)N[C@@H](Cc1ccc(O)cc1)C(=O)N[C@@H](CS)C(=O)O. The van der Waals surface area contributed by atoms with E-state index in [9.17, 15) is 44.1 Å². The van der Waals surface area contributed by atoms with Crippen molar-refractivity contribution in [3.8, 4) is 11.5 Å². The number of carboxylic acids is 1. The van der Waals surface area contributed by atoms with Crippen LogP contribution in [0.3, 0.4) is 0 Å². The fourth-order valence-corrected chi connectivity index (χ4v) is 5.47. The Hall–Kier alpha value is -5.56. The molecule has 0 aromatic heterocycles. The number of guanidine groups is 1. The van der Waals surface area contributed by atoms with E-state index in [1.54, 1.807) is 12.1 Å². The van der Waals surface area contributed by atoms with Crippen molar-refractivity contribution in [2.24, 2.45) is 28.1 Å². The van der Waals surface area contributed by atoms with E-state index in [4.69, 9.17) is 17.2 Å². The molecule has 0 bridgehead atoms. The van der Waals surface area contributed by atoms with Crippen LogP contribution in [0.25, 0.3) is 0 Å². The first-order valence-electron chi connectivity index (χ1n) is 17.6. The van der Waals surface area contributed by atoms with Gasteiger partial charge in [-0.15, -0.1) is 0 Å². The largest absolute Gasteiger partial charge is 0.508 e. The number of phenols is 2. The summed E-state index contributed by atoms with van der Waals surface area (Å²) in [6.07, 6.45) is 0.448. The Balaban J connectivity index is 2.31. The summed E-state index contributed by atoms with van der Waals surface area (Å²) >= 11 is 3.97. The molecule has 19 heteroatoms. The zero-order valence-corrected chi connectivity index (χ0v) is 31.9. The number of nitrogens with one attached hydrogen (secondary N) is 5. The summed E-state index contributed by atoms with van der Waals surface area (Å²) in [4.78, 5) is 82.6. The Kier molecular flexibility index (Phi) is 18.7. The maximum absolute atomic E-state index is 13.8. The fourth-order valence-electron chi connectivity index (χ4n) is 5.23. The van der Waals surface area contributed by atoms with Crippen LogP contribution in [0.4, 0.5) is 0 Å². The number of nitrogens with two attached hydrogens (primary N) is 3. The van der Waals surface area contributed by atoms with Gasteiger partial charge in [-0.3, -0.25) is 29.0 Å². The maximum atomic E-state index is 13.8. The van der Waals surface area contributed by atoms with Crippen molar-refractivity contribution in [2.45, 2.75) is 89.1 Å². The fraction of sp³-hybridized carbons (Fsp3) is 0.472. The van der Waals surface area contributed by atoms with Crippen LogP contribution in [0, 0.1) is 5.92 Å². The molecule has 18 nitrogen and oxygen atoms in total. The Bertz CT molecular complexity index is 1640. The van der Waals surface area contributed by atoms with Gasteiger partial charge in [-0.1, -0.05) is 38.1 Å². The second-order valence-corrected chi connectivity index (χ2v) is 13.8. The number of nitrogens with zero attached hydrogens (tertiary/aromatic N) is 1. The van der Waals surface area contributed by atoms with Gasteiger partial charge < -0.3 is 59.1 Å². The van der Waals surface area contributed by atoms with Crippen LogP contribution in [0.15, 0.2) is 53.5 Å². The van der Waals surface area contributed by atoms with E-state index in [0.29, 0.717) is 17.5 Å². The second-order valence-electron chi connectivity index (χ2n) is 13.4. The minimum atomic E-state index is -1.36. The average molecular weight is 788 g/mol. The van der Waals surface area contributed by atoms with E-state index >= 15 is 0 Å². The van der Waals surface area contributed by atoms with Crippen molar-refractivity contribution in [3.05, 3.63) is 59.7 Å². The molecule has 0 spiro atoms. The van der Waals surface area contributed by atoms with E-state index in [0.717, 1.165) is 0 Å². The molecule has 55 heavy (non-hydrogen) atoms. The first-order valence-corrected chi connectivity index (χ1v) is 18.3. The second kappa shape index (κ2) is 22.6. The number of benzene rings is 2. The number of aliphatic imine (C=N–C) groups is 1. The number of phenolic OH excluding ortho intramolecular Hbond substituents is 2. The lowest BCUT2D eigenvalue weighted by Crippen LogP contribution is -2.59. The maximum Gasteiger partial charge on any atom is 0.327 e. The van der Waals surface area contributed by atoms with E-state index < -0.39 is 71.8 Å². The highest BCUT2D eigenvalue weighted by atomic mass is 32.1. The van der Waals surface area contributed by atoms with Crippen LogP contribution < -0.4 is 43.8 Å². The summed E-state index contributed by atoms with van der Waals surface area (Å²) in [6.45, 7) is 5.24. The molecular formula is C36H53N9O9S. The molecule has 2 aromatic carbocycles. The number of aliphatic carboxylic acids is 1. The van der Waals surface area contributed by atoms with Gasteiger partial charge in [0.05, 0.1) is 6.04 Å². The monoisotopic (exact) mass is 787 g/mol. The number of rotatable bonds is 22. The van der Waals surface area contributed by atoms with Crippen molar-refractivity contribution in [1.82, 2.24) is 26.6 Å². The van der Waals surface area contributed by atoms with Gasteiger partial charge >= 0.3 is 5.97 Å². The highest BCUT2D eigenvalue weighted by molar-refractivity contribution is 7.80. The van der Waals surface area contributed by atoms with E-state index in [1.807, 2.05) is 13.8 Å². The zero-order valence-electron chi connectivity index (χ0n) is 31.0. The molecule has 0 saturated carbocycles. The molecule has 0 aliphatic carbocycles. The van der Waals surface area contributed by atoms with Crippen molar-refractivity contribution in [3.63, 3.8) is 0 Å². The number of carbonyl (C=O) groups excluding carboxylic acids is 5. The van der Waals surface area contributed by atoms with Gasteiger partial charge in [0.25, 0.3) is 0 Å². The summed E-state index contributed by atoms with van der Waals surface area (Å²) in [6, 6.07) is 4.48. The van der Waals surface area contributed by atoms with Crippen molar-refractivity contribution in [2.75, 3.05) is 12.3 Å². The quantitative estimate of drug-likeness (QED) is 0.0289. The van der Waals surface area contributed by atoms with Crippen molar-refractivity contribution in [1.29, 1.82) is 0 Å². The van der Waals surface area contributed by atoms with Crippen molar-refractivity contribution < 1.29 is 44.1 Å². The molecule has 6 atom stereocenters. The third-order valence-corrected chi connectivity index (χ3v) is 8.57. The van der Waals surface area contributed by atoms with Gasteiger partial charge in [-0.25, -0.2) is 4.79 Å². The van der Waals surface area contributed by atoms with Gasteiger partial charge in [-0.2, -0.15) is 12.6 Å². The highest BCUT2D eigenvalue weighted by Gasteiger charge is 2.32. The van der Waals surface area contributed by atoms with E-state index in [1.165, 1.54) is 43.3 Å². The van der Waals surface area contributed by atoms with Crippen LogP contribution >= 0.6 is 12.6 Å². The Morgan fingerprint density at radius 1 is 0.673 bits per heavy atom. The van der Waals surface area contributed by atoms with Gasteiger partial charge in [0.15, 0.2) is 5.96 Å². The third-order valence-electron chi connectivity index (χ3n) is 8.21. The standard InChI is InChI=1S/C36H53N9O9S/c1-19(2)15-25(37)31(49)44-28(17-22-8-12-24(47)13-9-22)33(51)42-26(5-4-14-40-36(38)39)32(50)41-20(3)30(48)43-27(16-21-6-10-23(46)11-7-21)34(52)45-29(18-55)35(53)54/h6-13,19-20,25-29,46-47,55H,4-5,14-18,37H2,1-3H3,(H,41,50)(H,42,51)(H,43,48)(H,44,49)(H,45,52)(H,53,54)(H4,38,39,40)/t20-,25-,26-,27-,28-,29-/m0/s1. The van der Waals surface area contributed by atoms with Gasteiger partial charge in [-0.05, 0) is 67.5 Å². The summed E-state index contributed by atoms with van der Waals surface area (Å²) in [7, 11) is 0. The topological polar surface area (TPSA) is 314 Å². The number of amides is 5. The van der Waals surface area contributed by atoms with Gasteiger partial charge in [0.2, 0.25) is 29.5 Å². The molecule has 0 heterocycles. The number of thiol groups is 1. The third kappa shape index (κ3) is 16.6. The Morgan fingerprint density at radius 2 is 1.11 bits per heavy atom. The minimum absolute atomic E-state index is 0.00161. The molecule has 0 radical (unpaired) electrons. The molecule has 0 aliphatic rings. The lowest BCUT2D eigenvalue weighted by molar-refractivity contribution is -0.141. The van der Waals surface area contributed by atoms with E-state index in [-0.39, 0.29) is 61.4 Å². The zero-order chi connectivity index (χ0) is 41.2.